The van der Waals surface area contributed by atoms with Crippen LogP contribution in [-0.4, -0.2) is 57.1 Å². The minimum absolute atomic E-state index is 0.113. The van der Waals surface area contributed by atoms with Crippen LogP contribution < -0.4 is 10.2 Å². The van der Waals surface area contributed by atoms with Gasteiger partial charge in [0.25, 0.3) is 0 Å². The van der Waals surface area contributed by atoms with Crippen LogP contribution >= 0.6 is 11.6 Å². The summed E-state index contributed by atoms with van der Waals surface area (Å²) in [6.07, 6.45) is 0. The number of amides is 2. The summed E-state index contributed by atoms with van der Waals surface area (Å²) < 4.78 is 1.78. The lowest BCUT2D eigenvalue weighted by Gasteiger charge is -2.35. The molecular weight excluding hydrogens is 390 g/mol. The number of carbonyl (C=O) groups excluding carboxylic acids is 1. The molecule has 1 aromatic carbocycles. The Bertz CT molecular complexity index is 993. The topological polar surface area (TPSA) is 79.2 Å². The van der Waals surface area contributed by atoms with Gasteiger partial charge in [0.2, 0.25) is 0 Å². The monoisotopic (exact) mass is 411 g/mol. The number of carbonyl (C=O) groups is 1. The lowest BCUT2D eigenvalue weighted by atomic mass is 10.3. The number of urea groups is 1. The van der Waals surface area contributed by atoms with E-state index in [9.17, 15) is 4.79 Å². The van der Waals surface area contributed by atoms with Crippen molar-refractivity contribution in [3.63, 3.8) is 0 Å². The Morgan fingerprint density at radius 1 is 0.966 bits per heavy atom. The quantitative estimate of drug-likeness (QED) is 0.715. The number of hydrogen-bond acceptors (Lipinski definition) is 5. The van der Waals surface area contributed by atoms with E-state index in [1.165, 1.54) is 0 Å². The number of rotatable bonds is 3. The van der Waals surface area contributed by atoms with Crippen molar-refractivity contribution in [2.75, 3.05) is 36.4 Å². The molecule has 29 heavy (non-hydrogen) atoms. The summed E-state index contributed by atoms with van der Waals surface area (Å²) in [6, 6.07) is 12.8. The first kappa shape index (κ1) is 19.2. The van der Waals surface area contributed by atoms with Gasteiger partial charge >= 0.3 is 6.03 Å². The van der Waals surface area contributed by atoms with Crippen molar-refractivity contribution in [1.82, 2.24) is 24.9 Å². The lowest BCUT2D eigenvalue weighted by Crippen LogP contribution is -2.50. The number of hydrogen-bond donors (Lipinski definition) is 1. The van der Waals surface area contributed by atoms with Crippen LogP contribution in [0.25, 0.3) is 5.82 Å². The molecule has 8 nitrogen and oxygen atoms in total. The van der Waals surface area contributed by atoms with Gasteiger partial charge < -0.3 is 15.1 Å². The molecule has 0 aliphatic carbocycles. The van der Waals surface area contributed by atoms with Crippen LogP contribution in [0.15, 0.2) is 42.5 Å². The Kier molecular flexibility index (Phi) is 5.35. The lowest BCUT2D eigenvalue weighted by molar-refractivity contribution is 0.208. The van der Waals surface area contributed by atoms with E-state index in [1.54, 1.807) is 33.8 Å². The van der Waals surface area contributed by atoms with Gasteiger partial charge in [-0.3, -0.25) is 0 Å². The highest BCUT2D eigenvalue weighted by Crippen LogP contribution is 2.17. The van der Waals surface area contributed by atoms with Crippen LogP contribution in [0, 0.1) is 13.8 Å². The number of benzene rings is 1. The van der Waals surface area contributed by atoms with E-state index in [4.69, 9.17) is 11.6 Å². The van der Waals surface area contributed by atoms with Gasteiger partial charge in [-0.15, -0.1) is 10.2 Å². The first-order chi connectivity index (χ1) is 14.0. The maximum atomic E-state index is 12.5. The van der Waals surface area contributed by atoms with Gasteiger partial charge in [-0.25, -0.2) is 9.48 Å². The van der Waals surface area contributed by atoms with Crippen LogP contribution in [-0.2, 0) is 0 Å². The maximum absolute atomic E-state index is 12.5. The number of nitrogens with one attached hydrogen (secondary N) is 1. The van der Waals surface area contributed by atoms with Gasteiger partial charge in [0.1, 0.15) is 0 Å². The molecule has 2 amide bonds. The summed E-state index contributed by atoms with van der Waals surface area (Å²) in [4.78, 5) is 16.4. The van der Waals surface area contributed by atoms with Crippen LogP contribution in [0.2, 0.25) is 5.02 Å². The Balaban J connectivity index is 1.35. The fourth-order valence-electron chi connectivity index (χ4n) is 3.34. The average molecular weight is 412 g/mol. The second-order valence-electron chi connectivity index (χ2n) is 7.00. The van der Waals surface area contributed by atoms with Crippen molar-refractivity contribution in [3.8, 4) is 5.82 Å². The summed E-state index contributed by atoms with van der Waals surface area (Å²) in [5.74, 6) is 1.49. The molecule has 1 N–H and O–H groups in total. The van der Waals surface area contributed by atoms with Gasteiger partial charge in [0.15, 0.2) is 11.6 Å². The number of halogens is 1. The molecule has 0 spiro atoms. The minimum atomic E-state index is -0.113. The molecule has 1 saturated heterocycles. The molecule has 0 radical (unpaired) electrons. The molecule has 4 rings (SSSR count). The highest BCUT2D eigenvalue weighted by atomic mass is 35.5. The summed E-state index contributed by atoms with van der Waals surface area (Å²) in [5, 5.41) is 16.7. The van der Waals surface area contributed by atoms with Crippen molar-refractivity contribution in [2.24, 2.45) is 0 Å². The first-order valence-electron chi connectivity index (χ1n) is 9.43. The van der Waals surface area contributed by atoms with E-state index in [-0.39, 0.29) is 6.03 Å². The van der Waals surface area contributed by atoms with E-state index >= 15 is 0 Å². The molecule has 3 aromatic rings. The molecule has 0 atom stereocenters. The van der Waals surface area contributed by atoms with Crippen molar-refractivity contribution >= 4 is 29.1 Å². The molecule has 0 unspecified atom stereocenters. The van der Waals surface area contributed by atoms with Crippen molar-refractivity contribution in [2.45, 2.75) is 13.8 Å². The van der Waals surface area contributed by atoms with E-state index in [1.807, 2.05) is 32.0 Å². The first-order valence-corrected chi connectivity index (χ1v) is 9.81. The second-order valence-corrected chi connectivity index (χ2v) is 7.44. The zero-order chi connectivity index (χ0) is 20.4. The van der Waals surface area contributed by atoms with Crippen LogP contribution in [0.5, 0.6) is 0 Å². The molecule has 0 bridgehead atoms. The van der Waals surface area contributed by atoms with E-state index in [0.717, 1.165) is 22.9 Å². The molecule has 3 heterocycles. The molecular formula is C20H22ClN7O. The van der Waals surface area contributed by atoms with Gasteiger partial charge in [-0.2, -0.15) is 5.10 Å². The third-order valence-corrected chi connectivity index (χ3v) is 5.10. The fourth-order valence-corrected chi connectivity index (χ4v) is 3.46. The van der Waals surface area contributed by atoms with Crippen molar-refractivity contribution < 1.29 is 4.79 Å². The van der Waals surface area contributed by atoms with Crippen LogP contribution in [0.3, 0.4) is 0 Å². The largest absolute Gasteiger partial charge is 0.352 e. The molecule has 9 heteroatoms. The second kappa shape index (κ2) is 8.08. The average Bonchev–Trinajstić information content (AvgIpc) is 3.08. The zero-order valence-corrected chi connectivity index (χ0v) is 17.1. The number of nitrogens with zero attached hydrogens (tertiary/aromatic N) is 6. The third kappa shape index (κ3) is 4.32. The highest BCUT2D eigenvalue weighted by molar-refractivity contribution is 6.30. The predicted molar refractivity (Wildman–Crippen MR) is 113 cm³/mol. The highest BCUT2D eigenvalue weighted by Gasteiger charge is 2.22. The van der Waals surface area contributed by atoms with E-state index < -0.39 is 0 Å². The smallest absolute Gasteiger partial charge is 0.321 e. The fraction of sp³-hybridized carbons (Fsp3) is 0.300. The molecule has 0 saturated carbocycles. The standard InChI is InChI=1S/C20H22ClN7O/c1-14-13-15(2)28(25-14)19-8-7-18(23-24-19)26-9-11-27(12-10-26)20(29)22-17-5-3-16(21)4-6-17/h3-8,13H,9-12H2,1-2H3,(H,22,29). The van der Waals surface area contributed by atoms with Crippen LogP contribution in [0.1, 0.15) is 11.4 Å². The molecule has 1 fully saturated rings. The minimum Gasteiger partial charge on any atom is -0.352 e. The van der Waals surface area contributed by atoms with Gasteiger partial charge in [-0.1, -0.05) is 11.6 Å². The van der Waals surface area contributed by atoms with Gasteiger partial charge in [0, 0.05) is 42.6 Å². The Labute approximate surface area is 174 Å². The summed E-state index contributed by atoms with van der Waals surface area (Å²) in [7, 11) is 0. The summed E-state index contributed by atoms with van der Waals surface area (Å²) in [5.41, 5.74) is 2.69. The molecule has 1 aliphatic rings. The normalized spacial score (nSPS) is 14.2. The van der Waals surface area contributed by atoms with Gasteiger partial charge in [-0.05, 0) is 56.3 Å². The van der Waals surface area contributed by atoms with Crippen molar-refractivity contribution in [1.29, 1.82) is 0 Å². The Morgan fingerprint density at radius 2 is 1.62 bits per heavy atom. The van der Waals surface area contributed by atoms with E-state index in [0.29, 0.717) is 37.0 Å². The SMILES string of the molecule is Cc1cc(C)n(-c2ccc(N3CCN(C(=O)Nc4ccc(Cl)cc4)CC3)nn2)n1. The molecule has 1 aliphatic heterocycles. The number of anilines is 2. The Morgan fingerprint density at radius 3 is 2.21 bits per heavy atom. The van der Waals surface area contributed by atoms with E-state index in [2.05, 4.69) is 25.5 Å². The van der Waals surface area contributed by atoms with Gasteiger partial charge in [0.05, 0.1) is 5.69 Å². The number of piperazine rings is 1. The number of aryl methyl sites for hydroxylation is 2. The molecule has 2 aromatic heterocycles. The summed E-state index contributed by atoms with van der Waals surface area (Å²) in [6.45, 7) is 6.56. The zero-order valence-electron chi connectivity index (χ0n) is 16.3. The summed E-state index contributed by atoms with van der Waals surface area (Å²) >= 11 is 5.88. The number of aromatic nitrogens is 4. The third-order valence-electron chi connectivity index (χ3n) is 4.85. The maximum Gasteiger partial charge on any atom is 0.321 e. The Hall–Kier alpha value is -3.13. The van der Waals surface area contributed by atoms with Crippen LogP contribution in [0.4, 0.5) is 16.3 Å². The predicted octanol–water partition coefficient (Wildman–Crippen LogP) is 3.29. The molecule has 150 valence electrons. The van der Waals surface area contributed by atoms with Crippen molar-refractivity contribution in [3.05, 3.63) is 58.9 Å².